The number of aryl methyl sites for hydroxylation is 1. The SMILES string of the molecule is CCN(CC)C(=O)C1=C(C)N=c2s/c(=C/c3ccc(-c4cc(C)c(C)c([N+](=O)[O-])c4)o3)c(=O)n2[C@H]1c1c(OC)ccc2ccccc12. The molecule has 0 spiro atoms. The highest BCUT2D eigenvalue weighted by atomic mass is 32.1. The number of nitrogens with zero attached hydrogens (tertiary/aromatic N) is 4. The average Bonchev–Trinajstić information content (AvgIpc) is 3.65. The molecule has 0 N–H and O–H groups in total. The smallest absolute Gasteiger partial charge is 0.273 e. The van der Waals surface area contributed by atoms with Crippen molar-refractivity contribution in [2.24, 2.45) is 4.99 Å². The van der Waals surface area contributed by atoms with Crippen LogP contribution in [-0.2, 0) is 4.79 Å². The molecule has 3 heterocycles. The van der Waals surface area contributed by atoms with Gasteiger partial charge >= 0.3 is 0 Å². The maximum atomic E-state index is 14.4. The molecule has 240 valence electrons. The molecule has 0 saturated heterocycles. The highest BCUT2D eigenvalue weighted by Gasteiger charge is 2.36. The maximum absolute atomic E-state index is 14.4. The summed E-state index contributed by atoms with van der Waals surface area (Å²) in [6.07, 6.45) is 1.64. The number of ether oxygens (including phenoxy) is 1. The van der Waals surface area contributed by atoms with Crippen LogP contribution in [0, 0.1) is 24.0 Å². The van der Waals surface area contributed by atoms with Crippen LogP contribution in [0.25, 0.3) is 28.2 Å². The van der Waals surface area contributed by atoms with E-state index in [1.807, 2.05) is 63.2 Å². The first kappa shape index (κ1) is 31.7. The molecular weight excluding hydrogens is 616 g/mol. The fourth-order valence-electron chi connectivity index (χ4n) is 6.17. The van der Waals surface area contributed by atoms with Crippen LogP contribution in [0.1, 0.15) is 49.3 Å². The third kappa shape index (κ3) is 5.46. The van der Waals surface area contributed by atoms with Gasteiger partial charge in [0.1, 0.15) is 23.3 Å². The quantitative estimate of drug-likeness (QED) is 0.149. The Morgan fingerprint density at radius 1 is 1.11 bits per heavy atom. The van der Waals surface area contributed by atoms with Crippen molar-refractivity contribution in [1.29, 1.82) is 0 Å². The van der Waals surface area contributed by atoms with Crippen LogP contribution >= 0.6 is 11.3 Å². The zero-order valence-electron chi connectivity index (χ0n) is 27.0. The molecule has 0 saturated carbocycles. The van der Waals surface area contributed by atoms with Crippen LogP contribution in [0.5, 0.6) is 5.75 Å². The number of carbonyl (C=O) groups excluding carboxylic acids is 1. The van der Waals surface area contributed by atoms with E-state index in [0.29, 0.717) is 67.7 Å². The summed E-state index contributed by atoms with van der Waals surface area (Å²) in [4.78, 5) is 46.7. The molecule has 6 rings (SSSR count). The Morgan fingerprint density at radius 2 is 1.85 bits per heavy atom. The lowest BCUT2D eigenvalue weighted by molar-refractivity contribution is -0.385. The van der Waals surface area contributed by atoms with Gasteiger partial charge in [-0.15, -0.1) is 0 Å². The molecule has 47 heavy (non-hydrogen) atoms. The molecule has 1 atom stereocenters. The molecule has 0 unspecified atom stereocenters. The van der Waals surface area contributed by atoms with E-state index in [-0.39, 0.29) is 17.2 Å². The highest BCUT2D eigenvalue weighted by molar-refractivity contribution is 7.07. The first-order valence-corrected chi connectivity index (χ1v) is 16.1. The summed E-state index contributed by atoms with van der Waals surface area (Å²) >= 11 is 1.21. The number of thiazole rings is 1. The zero-order chi connectivity index (χ0) is 33.6. The number of allylic oxidation sites excluding steroid dienone is 1. The molecule has 3 aromatic carbocycles. The minimum absolute atomic E-state index is 0.0144. The van der Waals surface area contributed by atoms with Crippen molar-refractivity contribution in [1.82, 2.24) is 9.47 Å². The van der Waals surface area contributed by atoms with Gasteiger partial charge in [-0.05, 0) is 75.2 Å². The highest BCUT2D eigenvalue weighted by Crippen LogP contribution is 2.40. The van der Waals surface area contributed by atoms with Crippen LogP contribution < -0.4 is 19.6 Å². The van der Waals surface area contributed by atoms with Gasteiger partial charge in [0.25, 0.3) is 17.2 Å². The number of benzene rings is 3. The Kier molecular flexibility index (Phi) is 8.42. The first-order valence-electron chi connectivity index (χ1n) is 15.3. The van der Waals surface area contributed by atoms with Crippen LogP contribution in [0.3, 0.4) is 0 Å². The Bertz CT molecular complexity index is 2290. The predicted molar refractivity (Wildman–Crippen MR) is 182 cm³/mol. The molecular formula is C36H34N4O6S. The van der Waals surface area contributed by atoms with E-state index in [1.165, 1.54) is 17.4 Å². The average molecular weight is 651 g/mol. The van der Waals surface area contributed by atoms with Gasteiger partial charge in [0.15, 0.2) is 4.80 Å². The first-order chi connectivity index (χ1) is 22.6. The molecule has 2 aromatic heterocycles. The second-order valence-corrected chi connectivity index (χ2v) is 12.4. The lowest BCUT2D eigenvalue weighted by Gasteiger charge is -2.30. The number of nitro benzene ring substituents is 1. The summed E-state index contributed by atoms with van der Waals surface area (Å²) in [6.45, 7) is 10.2. The van der Waals surface area contributed by atoms with E-state index >= 15 is 0 Å². The Balaban J connectivity index is 1.55. The zero-order valence-corrected chi connectivity index (χ0v) is 27.8. The molecule has 5 aromatic rings. The van der Waals surface area contributed by atoms with Gasteiger partial charge in [0.05, 0.1) is 27.8 Å². The number of methoxy groups -OCH3 is 1. The fourth-order valence-corrected chi connectivity index (χ4v) is 7.20. The van der Waals surface area contributed by atoms with Crippen LogP contribution in [0.2, 0.25) is 0 Å². The van der Waals surface area contributed by atoms with E-state index in [4.69, 9.17) is 14.1 Å². The van der Waals surface area contributed by atoms with Crippen LogP contribution in [0.4, 0.5) is 5.69 Å². The van der Waals surface area contributed by atoms with E-state index in [9.17, 15) is 19.7 Å². The van der Waals surface area contributed by atoms with Gasteiger partial charge in [-0.2, -0.15) is 0 Å². The van der Waals surface area contributed by atoms with Crippen molar-refractivity contribution >= 4 is 39.8 Å². The number of aromatic nitrogens is 1. The molecule has 10 nitrogen and oxygen atoms in total. The standard InChI is InChI=1S/C36H34N4O6S/c1-7-38(8-2)35(42)31-22(5)37-36-39(33(31)32-26-12-10-9-11-23(26)13-15-29(32)45-6)34(41)30(47-36)19-25-14-16-28(46-25)24-17-20(3)21(4)27(18-24)40(43)44/h9-19,33H,7-8H2,1-6H3/b30-19+/t33-/m1/s1. The predicted octanol–water partition coefficient (Wildman–Crippen LogP) is 6.05. The lowest BCUT2D eigenvalue weighted by atomic mass is 9.90. The number of amides is 1. The minimum Gasteiger partial charge on any atom is -0.496 e. The van der Waals surface area contributed by atoms with Crippen molar-refractivity contribution in [3.05, 3.63) is 124 Å². The van der Waals surface area contributed by atoms with Crippen LogP contribution in [-0.4, -0.2) is 40.5 Å². The minimum atomic E-state index is -0.800. The molecule has 0 fully saturated rings. The molecule has 0 bridgehead atoms. The Morgan fingerprint density at radius 3 is 2.55 bits per heavy atom. The number of fused-ring (bicyclic) bond motifs is 2. The van der Waals surface area contributed by atoms with Crippen molar-refractivity contribution < 1.29 is 18.9 Å². The Hall–Kier alpha value is -5.29. The molecule has 0 radical (unpaired) electrons. The van der Waals surface area contributed by atoms with Gasteiger partial charge in [0.2, 0.25) is 0 Å². The molecule has 1 aliphatic heterocycles. The van der Waals surface area contributed by atoms with E-state index in [0.717, 1.165) is 16.3 Å². The monoisotopic (exact) mass is 650 g/mol. The summed E-state index contributed by atoms with van der Waals surface area (Å²) in [6, 6.07) is 17.6. The number of likely N-dealkylation sites (N-methyl/N-ethyl adjacent to an activating group) is 1. The van der Waals surface area contributed by atoms with Gasteiger partial charge in [-0.25, -0.2) is 4.99 Å². The molecule has 1 aliphatic rings. The van der Waals surface area contributed by atoms with Crippen molar-refractivity contribution in [2.45, 2.75) is 40.7 Å². The van der Waals surface area contributed by atoms with Crippen molar-refractivity contribution in [2.75, 3.05) is 20.2 Å². The number of hydrogen-bond donors (Lipinski definition) is 0. The number of nitro groups is 1. The van der Waals surface area contributed by atoms with Crippen molar-refractivity contribution in [3.63, 3.8) is 0 Å². The third-order valence-corrected chi connectivity index (χ3v) is 9.73. The normalized spacial score (nSPS) is 14.7. The summed E-state index contributed by atoms with van der Waals surface area (Å²) in [5.41, 5.74) is 3.28. The number of carbonyl (C=O) groups is 1. The summed E-state index contributed by atoms with van der Waals surface area (Å²) in [7, 11) is 1.58. The van der Waals surface area contributed by atoms with E-state index in [2.05, 4.69) is 0 Å². The molecule has 11 heteroatoms. The van der Waals surface area contributed by atoms with Gasteiger partial charge in [-0.3, -0.25) is 24.3 Å². The molecule has 1 amide bonds. The van der Waals surface area contributed by atoms with Crippen LogP contribution in [0.15, 0.2) is 86.1 Å². The number of furan rings is 1. The van der Waals surface area contributed by atoms with Gasteiger partial charge in [0, 0.05) is 41.9 Å². The largest absolute Gasteiger partial charge is 0.496 e. The summed E-state index contributed by atoms with van der Waals surface area (Å²) in [5, 5.41) is 13.4. The topological polar surface area (TPSA) is 120 Å². The van der Waals surface area contributed by atoms with Gasteiger partial charge < -0.3 is 14.1 Å². The Labute approximate surface area is 274 Å². The van der Waals surface area contributed by atoms with Crippen molar-refractivity contribution in [3.8, 4) is 17.1 Å². The second-order valence-electron chi connectivity index (χ2n) is 11.4. The number of rotatable bonds is 8. The fraction of sp³-hybridized carbons (Fsp3) is 0.250. The molecule has 0 aliphatic carbocycles. The summed E-state index contributed by atoms with van der Waals surface area (Å²) in [5.74, 6) is 1.21. The second kappa shape index (κ2) is 12.5. The summed E-state index contributed by atoms with van der Waals surface area (Å²) < 4.78 is 13.9. The maximum Gasteiger partial charge on any atom is 0.273 e. The van der Waals surface area contributed by atoms with Gasteiger partial charge in [-0.1, -0.05) is 41.7 Å². The van der Waals surface area contributed by atoms with E-state index in [1.54, 1.807) is 48.6 Å². The third-order valence-electron chi connectivity index (χ3n) is 8.75. The lowest BCUT2D eigenvalue weighted by Crippen LogP contribution is -2.43. The van der Waals surface area contributed by atoms with E-state index < -0.39 is 11.0 Å². The number of hydrogen-bond acceptors (Lipinski definition) is 8.